The average Bonchev–Trinajstić information content (AvgIpc) is 2.84. The average molecular weight is 463 g/mol. The van der Waals surface area contributed by atoms with Crippen LogP contribution in [0.5, 0.6) is 0 Å². The van der Waals surface area contributed by atoms with Gasteiger partial charge in [0.15, 0.2) is 0 Å². The molecule has 0 saturated carbocycles. The van der Waals surface area contributed by atoms with E-state index in [1.165, 1.54) is 36.0 Å². The zero-order chi connectivity index (χ0) is 23.5. The van der Waals surface area contributed by atoms with E-state index in [9.17, 15) is 4.79 Å². The minimum absolute atomic E-state index is 0.159. The maximum atomic E-state index is 11.9. The molecular formula is C30H35ClO2. The number of hydrogen-bond donors (Lipinski definition) is 0. The predicted molar refractivity (Wildman–Crippen MR) is 140 cm³/mol. The molecule has 3 heteroatoms. The lowest BCUT2D eigenvalue weighted by atomic mass is 9.97. The van der Waals surface area contributed by atoms with E-state index in [1.807, 2.05) is 12.1 Å². The van der Waals surface area contributed by atoms with Crippen LogP contribution in [-0.2, 0) is 22.4 Å². The second kappa shape index (κ2) is 13.2. The van der Waals surface area contributed by atoms with Gasteiger partial charge in [0.1, 0.15) is 0 Å². The quantitative estimate of drug-likeness (QED) is 0.199. The molecule has 0 unspecified atom stereocenters. The van der Waals surface area contributed by atoms with Gasteiger partial charge in [-0.25, -0.2) is 0 Å². The van der Waals surface area contributed by atoms with Crippen molar-refractivity contribution in [2.24, 2.45) is 0 Å². The summed E-state index contributed by atoms with van der Waals surface area (Å²) in [4.78, 5) is 11.9. The summed E-state index contributed by atoms with van der Waals surface area (Å²) in [5.41, 5.74) is 7.04. The fraction of sp³-hybridized carbons (Fsp3) is 0.367. The van der Waals surface area contributed by atoms with Gasteiger partial charge in [0.2, 0.25) is 0 Å². The number of esters is 1. The largest absolute Gasteiger partial charge is 0.466 e. The van der Waals surface area contributed by atoms with Crippen LogP contribution in [-0.4, -0.2) is 12.6 Å². The predicted octanol–water partition coefficient (Wildman–Crippen LogP) is 8.68. The van der Waals surface area contributed by atoms with E-state index >= 15 is 0 Å². The molecule has 0 heterocycles. The standard InChI is InChI=1S/C30H35ClO2/c1-3-5-7-8-23-9-11-24(12-10-23)25-13-15-26(16-14-25)28-18-17-27(29(31)22-28)19-20-30(32)33-21-6-4-2/h9-18,22H,3-8,19-21H2,1-2H3. The van der Waals surface area contributed by atoms with Crippen molar-refractivity contribution in [1.82, 2.24) is 0 Å². The van der Waals surface area contributed by atoms with Gasteiger partial charge in [-0.1, -0.05) is 105 Å². The molecule has 174 valence electrons. The highest BCUT2D eigenvalue weighted by atomic mass is 35.5. The molecular weight excluding hydrogens is 428 g/mol. The van der Waals surface area contributed by atoms with Crippen LogP contribution in [0, 0.1) is 0 Å². The highest BCUT2D eigenvalue weighted by Crippen LogP contribution is 2.29. The van der Waals surface area contributed by atoms with Crippen LogP contribution in [0.2, 0.25) is 5.02 Å². The van der Waals surface area contributed by atoms with E-state index < -0.39 is 0 Å². The number of carbonyl (C=O) groups is 1. The van der Waals surface area contributed by atoms with Crippen molar-refractivity contribution in [2.75, 3.05) is 6.61 Å². The zero-order valence-electron chi connectivity index (χ0n) is 19.9. The lowest BCUT2D eigenvalue weighted by Crippen LogP contribution is -2.07. The van der Waals surface area contributed by atoms with Crippen LogP contribution in [0.25, 0.3) is 22.3 Å². The first kappa shape index (κ1) is 25.1. The number of hydrogen-bond acceptors (Lipinski definition) is 2. The minimum atomic E-state index is -0.159. The second-order valence-corrected chi connectivity index (χ2v) is 9.02. The van der Waals surface area contributed by atoms with Crippen molar-refractivity contribution in [1.29, 1.82) is 0 Å². The van der Waals surface area contributed by atoms with Crippen molar-refractivity contribution >= 4 is 17.6 Å². The highest BCUT2D eigenvalue weighted by Gasteiger charge is 2.08. The number of unbranched alkanes of at least 4 members (excludes halogenated alkanes) is 3. The molecule has 0 radical (unpaired) electrons. The number of benzene rings is 3. The topological polar surface area (TPSA) is 26.3 Å². The fourth-order valence-electron chi connectivity index (χ4n) is 3.87. The SMILES string of the molecule is CCCCCc1ccc(-c2ccc(-c3ccc(CCC(=O)OCCCC)c(Cl)c3)cc2)cc1. The molecule has 0 saturated heterocycles. The first-order valence-electron chi connectivity index (χ1n) is 12.2. The van der Waals surface area contributed by atoms with E-state index in [0.29, 0.717) is 24.5 Å². The van der Waals surface area contributed by atoms with Gasteiger partial charge in [-0.3, -0.25) is 4.79 Å². The summed E-state index contributed by atoms with van der Waals surface area (Å²) in [7, 11) is 0. The second-order valence-electron chi connectivity index (χ2n) is 8.61. The smallest absolute Gasteiger partial charge is 0.306 e. The molecule has 0 aliphatic rings. The molecule has 0 spiro atoms. The molecule has 3 aromatic rings. The Morgan fingerprint density at radius 1 is 0.727 bits per heavy atom. The first-order chi connectivity index (χ1) is 16.1. The summed E-state index contributed by atoms with van der Waals surface area (Å²) >= 11 is 6.52. The van der Waals surface area contributed by atoms with Crippen molar-refractivity contribution in [3.8, 4) is 22.3 Å². The highest BCUT2D eigenvalue weighted by molar-refractivity contribution is 6.31. The molecule has 0 aliphatic heterocycles. The Labute approximate surface area is 204 Å². The van der Waals surface area contributed by atoms with Crippen LogP contribution in [0.4, 0.5) is 0 Å². The van der Waals surface area contributed by atoms with E-state index in [-0.39, 0.29) is 5.97 Å². The third-order valence-corrected chi connectivity index (χ3v) is 6.34. The van der Waals surface area contributed by atoms with Gasteiger partial charge in [0.05, 0.1) is 6.61 Å². The molecule has 2 nitrogen and oxygen atoms in total. The van der Waals surface area contributed by atoms with Gasteiger partial charge in [0, 0.05) is 11.4 Å². The Morgan fingerprint density at radius 2 is 1.30 bits per heavy atom. The molecule has 33 heavy (non-hydrogen) atoms. The third-order valence-electron chi connectivity index (χ3n) is 5.99. The van der Waals surface area contributed by atoms with E-state index in [4.69, 9.17) is 16.3 Å². The van der Waals surface area contributed by atoms with E-state index in [0.717, 1.165) is 36.0 Å². The van der Waals surface area contributed by atoms with Gasteiger partial charge < -0.3 is 4.74 Å². The Morgan fingerprint density at radius 3 is 1.91 bits per heavy atom. The van der Waals surface area contributed by atoms with Crippen LogP contribution < -0.4 is 0 Å². The third kappa shape index (κ3) is 7.75. The Bertz CT molecular complexity index is 1010. The Balaban J connectivity index is 1.60. The first-order valence-corrected chi connectivity index (χ1v) is 12.6. The molecule has 0 aliphatic carbocycles. The Kier molecular flexibility index (Phi) is 10.0. The molecule has 0 fully saturated rings. The number of ether oxygens (including phenoxy) is 1. The lowest BCUT2D eigenvalue weighted by molar-refractivity contribution is -0.143. The van der Waals surface area contributed by atoms with Gasteiger partial charge in [-0.15, -0.1) is 0 Å². The van der Waals surface area contributed by atoms with Crippen molar-refractivity contribution in [3.63, 3.8) is 0 Å². The van der Waals surface area contributed by atoms with Crippen LogP contribution in [0.3, 0.4) is 0 Å². The van der Waals surface area contributed by atoms with Gasteiger partial charge in [0.25, 0.3) is 0 Å². The summed E-state index contributed by atoms with van der Waals surface area (Å²) in [5.74, 6) is -0.159. The van der Waals surface area contributed by atoms with Crippen molar-refractivity contribution in [2.45, 2.75) is 65.2 Å². The normalized spacial score (nSPS) is 10.9. The van der Waals surface area contributed by atoms with Gasteiger partial charge >= 0.3 is 5.97 Å². The van der Waals surface area contributed by atoms with Gasteiger partial charge in [-0.05, 0) is 65.1 Å². The van der Waals surface area contributed by atoms with Crippen LogP contribution in [0.1, 0.15) is 63.5 Å². The van der Waals surface area contributed by atoms with E-state index in [2.05, 4.69) is 68.4 Å². The number of carbonyl (C=O) groups excluding carboxylic acids is 1. The van der Waals surface area contributed by atoms with Crippen molar-refractivity contribution in [3.05, 3.63) is 82.9 Å². The molecule has 0 amide bonds. The molecule has 0 aromatic heterocycles. The van der Waals surface area contributed by atoms with Gasteiger partial charge in [-0.2, -0.15) is 0 Å². The summed E-state index contributed by atoms with van der Waals surface area (Å²) in [6.07, 6.45) is 7.84. The summed E-state index contributed by atoms with van der Waals surface area (Å²) in [6.45, 7) is 4.82. The number of halogens is 1. The lowest BCUT2D eigenvalue weighted by Gasteiger charge is -2.09. The monoisotopic (exact) mass is 462 g/mol. The molecule has 0 bridgehead atoms. The molecule has 0 N–H and O–H groups in total. The van der Waals surface area contributed by atoms with Crippen molar-refractivity contribution < 1.29 is 9.53 Å². The minimum Gasteiger partial charge on any atom is -0.466 e. The Hall–Kier alpha value is -2.58. The van der Waals surface area contributed by atoms with Crippen LogP contribution >= 0.6 is 11.6 Å². The van der Waals surface area contributed by atoms with E-state index in [1.54, 1.807) is 0 Å². The number of rotatable bonds is 12. The summed E-state index contributed by atoms with van der Waals surface area (Å²) in [6, 6.07) is 23.6. The molecule has 0 atom stereocenters. The summed E-state index contributed by atoms with van der Waals surface area (Å²) < 4.78 is 5.23. The van der Waals surface area contributed by atoms with Crippen LogP contribution in [0.15, 0.2) is 66.7 Å². The zero-order valence-corrected chi connectivity index (χ0v) is 20.7. The number of aryl methyl sites for hydroxylation is 2. The molecule has 3 aromatic carbocycles. The molecule has 3 rings (SSSR count). The maximum absolute atomic E-state index is 11.9. The summed E-state index contributed by atoms with van der Waals surface area (Å²) in [5, 5.41) is 0.691. The fourth-order valence-corrected chi connectivity index (χ4v) is 4.14. The maximum Gasteiger partial charge on any atom is 0.306 e.